The molecule has 0 fully saturated rings. The number of nitrogens with one attached hydrogen (secondary N) is 1. The van der Waals surface area contributed by atoms with Crippen LogP contribution in [0.5, 0.6) is 5.75 Å². The lowest BCUT2D eigenvalue weighted by Gasteiger charge is -2.17. The zero-order chi connectivity index (χ0) is 22.5. The number of hydrogen-bond donors (Lipinski definition) is 1. The van der Waals surface area contributed by atoms with Crippen molar-refractivity contribution in [1.29, 1.82) is 0 Å². The summed E-state index contributed by atoms with van der Waals surface area (Å²) in [7, 11) is 0. The molecule has 2 aromatic carbocycles. The monoisotopic (exact) mass is 422 g/mol. The second-order valence-corrected chi connectivity index (χ2v) is 7.39. The summed E-state index contributed by atoms with van der Waals surface area (Å²) in [5.41, 5.74) is 3.10. The highest BCUT2D eigenvalue weighted by Gasteiger charge is 2.19. The number of aryl methyl sites for hydroxylation is 2. The Hall–Kier alpha value is -3.61. The Bertz CT molecular complexity index is 1170. The van der Waals surface area contributed by atoms with Crippen molar-refractivity contribution < 1.29 is 23.8 Å². The Kier molecular flexibility index (Phi) is 6.74. The van der Waals surface area contributed by atoms with E-state index in [-0.39, 0.29) is 13.0 Å². The molecule has 1 aromatic heterocycles. The van der Waals surface area contributed by atoms with Crippen LogP contribution in [0.1, 0.15) is 35.6 Å². The quantitative estimate of drug-likeness (QED) is 0.557. The molecule has 3 aromatic rings. The molecular weight excluding hydrogens is 398 g/mol. The van der Waals surface area contributed by atoms with Gasteiger partial charge in [0.2, 0.25) is 0 Å². The van der Waals surface area contributed by atoms with Crippen molar-refractivity contribution >= 4 is 22.8 Å². The van der Waals surface area contributed by atoms with Gasteiger partial charge in [0, 0.05) is 41.9 Å². The number of carbonyl (C=O) groups excluding carboxylic acids is 2. The van der Waals surface area contributed by atoms with Gasteiger partial charge in [-0.15, -0.1) is 0 Å². The van der Waals surface area contributed by atoms with Crippen LogP contribution in [-0.4, -0.2) is 24.5 Å². The van der Waals surface area contributed by atoms with E-state index in [2.05, 4.69) is 5.32 Å². The lowest BCUT2D eigenvalue weighted by Crippen LogP contribution is -2.38. The lowest BCUT2D eigenvalue weighted by atomic mass is 9.98. The van der Waals surface area contributed by atoms with E-state index in [4.69, 9.17) is 9.15 Å². The predicted octanol–water partition coefficient (Wildman–Crippen LogP) is 2.02. The molecule has 0 aliphatic carbocycles. The topological polar surface area (TPSA) is 109 Å². The molecule has 0 bridgehead atoms. The van der Waals surface area contributed by atoms with E-state index in [1.165, 1.54) is 0 Å². The Balaban J connectivity index is 1.85. The van der Waals surface area contributed by atoms with Gasteiger partial charge in [-0.2, -0.15) is 0 Å². The van der Waals surface area contributed by atoms with Gasteiger partial charge in [-0.25, -0.2) is 4.79 Å². The normalized spacial score (nSPS) is 11.8. The van der Waals surface area contributed by atoms with Crippen LogP contribution in [0.3, 0.4) is 0 Å². The fourth-order valence-electron chi connectivity index (χ4n) is 3.38. The van der Waals surface area contributed by atoms with Crippen LogP contribution in [0.2, 0.25) is 0 Å². The number of carboxylic acid groups (broad SMARTS) is 1. The van der Waals surface area contributed by atoms with E-state index in [9.17, 15) is 19.5 Å². The Morgan fingerprint density at radius 1 is 1.10 bits per heavy atom. The number of fused-ring (bicyclic) bond motifs is 1. The minimum atomic E-state index is -1.24. The van der Waals surface area contributed by atoms with E-state index in [0.717, 1.165) is 16.5 Å². The molecule has 1 amide bonds. The van der Waals surface area contributed by atoms with Crippen LogP contribution >= 0.6 is 0 Å². The summed E-state index contributed by atoms with van der Waals surface area (Å²) < 4.78 is 11.4. The smallest absolute Gasteiger partial charge is 0.340 e. The van der Waals surface area contributed by atoms with Gasteiger partial charge >= 0.3 is 5.63 Å². The van der Waals surface area contributed by atoms with Crippen molar-refractivity contribution in [2.45, 2.75) is 39.7 Å². The van der Waals surface area contributed by atoms with Crippen molar-refractivity contribution in [2.24, 2.45) is 0 Å². The largest absolute Gasteiger partial charge is 0.550 e. The molecule has 0 aliphatic heterocycles. The second-order valence-electron chi connectivity index (χ2n) is 7.39. The van der Waals surface area contributed by atoms with Crippen LogP contribution in [0, 0.1) is 13.8 Å². The predicted molar refractivity (Wildman–Crippen MR) is 114 cm³/mol. The minimum Gasteiger partial charge on any atom is -0.550 e. The summed E-state index contributed by atoms with van der Waals surface area (Å²) in [6.45, 7) is 5.18. The molecule has 7 nitrogen and oxygen atoms in total. The fourth-order valence-corrected chi connectivity index (χ4v) is 3.38. The van der Waals surface area contributed by atoms with E-state index >= 15 is 0 Å². The van der Waals surface area contributed by atoms with Crippen LogP contribution in [0.25, 0.3) is 11.0 Å². The molecular formula is C24H24NO6-. The van der Waals surface area contributed by atoms with Crippen LogP contribution in [0.15, 0.2) is 51.7 Å². The third kappa shape index (κ3) is 5.12. The summed E-state index contributed by atoms with van der Waals surface area (Å²) in [5.74, 6) is -1.28. The first kappa shape index (κ1) is 22.1. The average Bonchev–Trinajstić information content (AvgIpc) is 2.74. The summed E-state index contributed by atoms with van der Waals surface area (Å²) in [6, 6.07) is 13.3. The number of ether oxygens (including phenoxy) is 1. The molecule has 1 heterocycles. The van der Waals surface area contributed by atoms with E-state index in [1.54, 1.807) is 19.9 Å². The number of benzene rings is 2. The van der Waals surface area contributed by atoms with Crippen molar-refractivity contribution in [3.05, 3.63) is 75.1 Å². The standard InChI is InChI=1S/C24H25NO6/c1-14-18-9-10-20(30-16(3)23(28)25-12-11-21(26)27)15(2)22(18)31-24(29)19(14)13-17-7-5-4-6-8-17/h4-10,16H,11-13H2,1-3H3,(H,25,28)(H,26,27)/p-1/t16-/m1/s1. The summed E-state index contributed by atoms with van der Waals surface area (Å²) in [6.07, 6.45) is -0.655. The van der Waals surface area contributed by atoms with Crippen molar-refractivity contribution in [3.63, 3.8) is 0 Å². The zero-order valence-electron chi connectivity index (χ0n) is 17.7. The number of rotatable bonds is 8. The van der Waals surface area contributed by atoms with Crippen molar-refractivity contribution in [1.82, 2.24) is 5.32 Å². The average molecular weight is 422 g/mol. The highest BCUT2D eigenvalue weighted by atomic mass is 16.5. The minimum absolute atomic E-state index is 0.0379. The molecule has 0 aliphatic rings. The summed E-state index contributed by atoms with van der Waals surface area (Å²) in [5, 5.41) is 13.8. The van der Waals surface area contributed by atoms with Gasteiger partial charge in [0.15, 0.2) is 6.10 Å². The van der Waals surface area contributed by atoms with Gasteiger partial charge in [-0.3, -0.25) is 4.79 Å². The zero-order valence-corrected chi connectivity index (χ0v) is 17.7. The molecule has 0 unspecified atom stereocenters. The third-order valence-corrected chi connectivity index (χ3v) is 5.18. The molecule has 0 radical (unpaired) electrons. The van der Waals surface area contributed by atoms with E-state index in [0.29, 0.717) is 28.9 Å². The molecule has 0 saturated carbocycles. The van der Waals surface area contributed by atoms with Gasteiger partial charge in [-0.1, -0.05) is 30.3 Å². The highest BCUT2D eigenvalue weighted by Crippen LogP contribution is 2.30. The van der Waals surface area contributed by atoms with Gasteiger partial charge in [0.1, 0.15) is 11.3 Å². The number of hydrogen-bond acceptors (Lipinski definition) is 6. The number of aliphatic carboxylic acids is 1. The maximum absolute atomic E-state index is 12.7. The van der Waals surface area contributed by atoms with Gasteiger partial charge in [0.25, 0.3) is 5.91 Å². The Labute approximate surface area is 179 Å². The summed E-state index contributed by atoms with van der Waals surface area (Å²) in [4.78, 5) is 35.3. The van der Waals surface area contributed by atoms with Crippen LogP contribution in [-0.2, 0) is 16.0 Å². The maximum atomic E-state index is 12.7. The molecule has 1 N–H and O–H groups in total. The van der Waals surface area contributed by atoms with E-state index in [1.807, 2.05) is 43.3 Å². The first-order valence-electron chi connectivity index (χ1n) is 10.0. The molecule has 31 heavy (non-hydrogen) atoms. The van der Waals surface area contributed by atoms with Crippen molar-refractivity contribution in [2.75, 3.05) is 6.54 Å². The third-order valence-electron chi connectivity index (χ3n) is 5.18. The van der Waals surface area contributed by atoms with E-state index < -0.39 is 23.6 Å². The van der Waals surface area contributed by atoms with Gasteiger partial charge < -0.3 is 24.4 Å². The first-order chi connectivity index (χ1) is 14.8. The molecule has 1 atom stereocenters. The number of amides is 1. The molecule has 0 spiro atoms. The van der Waals surface area contributed by atoms with Crippen molar-refractivity contribution in [3.8, 4) is 5.75 Å². The maximum Gasteiger partial charge on any atom is 0.340 e. The van der Waals surface area contributed by atoms with Gasteiger partial charge in [-0.05, 0) is 44.0 Å². The highest BCUT2D eigenvalue weighted by molar-refractivity contribution is 5.86. The molecule has 3 rings (SSSR count). The number of carboxylic acids is 1. The molecule has 0 saturated heterocycles. The Morgan fingerprint density at radius 3 is 2.48 bits per heavy atom. The molecule has 7 heteroatoms. The Morgan fingerprint density at radius 2 is 1.81 bits per heavy atom. The van der Waals surface area contributed by atoms with Gasteiger partial charge in [0.05, 0.1) is 0 Å². The molecule has 162 valence electrons. The van der Waals surface area contributed by atoms with Crippen LogP contribution in [0.4, 0.5) is 0 Å². The summed E-state index contributed by atoms with van der Waals surface area (Å²) >= 11 is 0. The fraction of sp³-hybridized carbons (Fsp3) is 0.292. The number of carbonyl (C=O) groups is 2. The first-order valence-corrected chi connectivity index (χ1v) is 10.0. The SMILES string of the molecule is Cc1c(Cc2ccccc2)c(=O)oc2c(C)c(O[C@H](C)C(=O)NCCC(=O)[O-])ccc12. The van der Waals surface area contributed by atoms with Crippen LogP contribution < -0.4 is 20.8 Å². The second kappa shape index (κ2) is 9.47. The lowest BCUT2D eigenvalue weighted by molar-refractivity contribution is -0.305.